The Morgan fingerprint density at radius 1 is 0.750 bits per heavy atom. The quantitative estimate of drug-likeness (QED) is 0.716. The van der Waals surface area contributed by atoms with Gasteiger partial charge in [-0.1, -0.05) is 18.2 Å². The second-order valence-corrected chi connectivity index (χ2v) is 9.22. The van der Waals surface area contributed by atoms with Crippen LogP contribution in [0.3, 0.4) is 0 Å². The molecule has 2 nitrogen and oxygen atoms in total. The lowest BCUT2D eigenvalue weighted by Crippen LogP contribution is -2.46. The smallest absolute Gasteiger partial charge is 0.399 e. The van der Waals surface area contributed by atoms with Crippen LogP contribution in [-0.4, -0.2) is 24.2 Å². The van der Waals surface area contributed by atoms with Crippen LogP contribution in [0.15, 0.2) is 18.2 Å². The average Bonchev–Trinajstić information content (AvgIpc) is 2.71. The van der Waals surface area contributed by atoms with E-state index in [0.717, 1.165) is 5.46 Å². The summed E-state index contributed by atoms with van der Waals surface area (Å²) >= 11 is 0. The van der Waals surface area contributed by atoms with Crippen molar-refractivity contribution in [1.29, 1.82) is 0 Å². The molecule has 1 aliphatic heterocycles. The molecule has 0 amide bonds. The highest BCUT2D eigenvalue weighted by molar-refractivity contribution is 6.62. The molecule has 0 radical (unpaired) electrons. The van der Waals surface area contributed by atoms with E-state index in [-0.39, 0.29) is 0 Å². The minimum Gasteiger partial charge on any atom is -0.399 e. The Balaban J connectivity index is 2.07. The summed E-state index contributed by atoms with van der Waals surface area (Å²) in [5.41, 5.74) is -1.13. The molecule has 1 aliphatic carbocycles. The normalized spacial score (nSPS) is 28.0. The molecule has 1 saturated heterocycles. The third kappa shape index (κ3) is 2.00. The maximum absolute atomic E-state index is 15.0. The van der Waals surface area contributed by atoms with E-state index >= 15 is 0 Å². The second-order valence-electron chi connectivity index (χ2n) is 9.22. The fourth-order valence-corrected chi connectivity index (χ4v) is 3.87. The van der Waals surface area contributed by atoms with Crippen molar-refractivity contribution in [3.05, 3.63) is 29.3 Å². The molecule has 1 heterocycles. The molecule has 0 spiro atoms. The number of halogens is 2. The Hall–Kier alpha value is -0.935. The summed E-state index contributed by atoms with van der Waals surface area (Å²) in [7, 11) is -0.534. The first kappa shape index (κ1) is 17.9. The Morgan fingerprint density at radius 3 is 1.71 bits per heavy atom. The van der Waals surface area contributed by atoms with E-state index in [1.807, 2.05) is 45.9 Å². The third-order valence-corrected chi connectivity index (χ3v) is 6.49. The van der Waals surface area contributed by atoms with Gasteiger partial charge in [0, 0.05) is 0 Å². The van der Waals surface area contributed by atoms with Gasteiger partial charge in [-0.2, -0.15) is 0 Å². The van der Waals surface area contributed by atoms with Crippen molar-refractivity contribution in [2.75, 3.05) is 0 Å². The van der Waals surface area contributed by atoms with Gasteiger partial charge in [0.25, 0.3) is 5.92 Å². The first-order chi connectivity index (χ1) is 10.7. The van der Waals surface area contributed by atoms with Crippen molar-refractivity contribution >= 4 is 12.6 Å². The molecular formula is C19H27BF2O2. The minimum absolute atomic E-state index is 0.449. The van der Waals surface area contributed by atoms with Gasteiger partial charge in [-0.3, -0.25) is 0 Å². The van der Waals surface area contributed by atoms with E-state index in [2.05, 4.69) is 0 Å². The van der Waals surface area contributed by atoms with Gasteiger partial charge in [-0.05, 0) is 72.0 Å². The van der Waals surface area contributed by atoms with Crippen LogP contribution in [0.25, 0.3) is 0 Å². The molecule has 0 saturated carbocycles. The molecular weight excluding hydrogens is 309 g/mol. The van der Waals surface area contributed by atoms with Crippen molar-refractivity contribution in [2.45, 2.75) is 83.3 Å². The molecule has 3 rings (SSSR count). The molecule has 2 aliphatic rings. The molecule has 0 aromatic heterocycles. The summed E-state index contributed by atoms with van der Waals surface area (Å²) in [6.45, 7) is 14.4. The number of benzene rings is 1. The second kappa shape index (κ2) is 4.61. The Bertz CT molecular complexity index is 677. The summed E-state index contributed by atoms with van der Waals surface area (Å²) in [5.74, 6) is -2.82. The molecule has 1 aromatic rings. The summed E-state index contributed by atoms with van der Waals surface area (Å²) in [6.07, 6.45) is 0. The molecule has 0 unspecified atom stereocenters. The number of fused-ring (bicyclic) bond motifs is 1. The van der Waals surface area contributed by atoms with Crippen molar-refractivity contribution in [1.82, 2.24) is 0 Å². The summed E-state index contributed by atoms with van der Waals surface area (Å²) in [4.78, 5) is 0. The SMILES string of the molecule is CC1(C)OB(c2ccc3c(c2)C(C)(C)C(F)(F)C3(C)C)OC1(C)C. The lowest BCUT2D eigenvalue weighted by molar-refractivity contribution is -0.105. The predicted octanol–water partition coefficient (Wildman–Crippen LogP) is 4.19. The molecule has 0 atom stereocenters. The van der Waals surface area contributed by atoms with Gasteiger partial charge in [-0.15, -0.1) is 0 Å². The van der Waals surface area contributed by atoms with E-state index < -0.39 is 35.1 Å². The third-order valence-electron chi connectivity index (χ3n) is 6.49. The molecule has 1 aromatic carbocycles. The number of hydrogen-bond donors (Lipinski definition) is 0. The summed E-state index contributed by atoms with van der Waals surface area (Å²) in [5, 5.41) is 0. The van der Waals surface area contributed by atoms with Crippen LogP contribution in [0, 0.1) is 0 Å². The highest BCUT2D eigenvalue weighted by Gasteiger charge is 2.65. The largest absolute Gasteiger partial charge is 0.494 e. The van der Waals surface area contributed by atoms with E-state index in [1.165, 1.54) is 0 Å². The minimum atomic E-state index is -2.82. The Labute approximate surface area is 144 Å². The van der Waals surface area contributed by atoms with E-state index in [0.29, 0.717) is 11.1 Å². The molecule has 1 fully saturated rings. The van der Waals surface area contributed by atoms with Gasteiger partial charge in [-0.25, -0.2) is 8.78 Å². The van der Waals surface area contributed by atoms with Crippen LogP contribution < -0.4 is 5.46 Å². The van der Waals surface area contributed by atoms with E-state index in [1.54, 1.807) is 27.7 Å². The van der Waals surface area contributed by atoms with Gasteiger partial charge in [0.2, 0.25) is 0 Å². The van der Waals surface area contributed by atoms with Crippen LogP contribution in [0.1, 0.15) is 66.5 Å². The predicted molar refractivity (Wildman–Crippen MR) is 93.2 cm³/mol. The zero-order valence-electron chi connectivity index (χ0n) is 15.9. The lowest BCUT2D eigenvalue weighted by Gasteiger charge is -2.35. The van der Waals surface area contributed by atoms with E-state index in [4.69, 9.17) is 9.31 Å². The standard InChI is InChI=1S/C19H27BF2O2/c1-15(2)13-10-9-12(11-14(13)16(3,4)19(15,21)22)20-23-17(5,6)18(7,8)24-20/h9-11H,1-8H3. The van der Waals surface area contributed by atoms with Gasteiger partial charge < -0.3 is 9.31 Å². The molecule has 0 bridgehead atoms. The van der Waals surface area contributed by atoms with Crippen LogP contribution in [0.4, 0.5) is 8.78 Å². The first-order valence-electron chi connectivity index (χ1n) is 8.53. The number of rotatable bonds is 1. The molecule has 132 valence electrons. The van der Waals surface area contributed by atoms with Crippen LogP contribution in [0.5, 0.6) is 0 Å². The van der Waals surface area contributed by atoms with Gasteiger partial charge in [0.1, 0.15) is 0 Å². The topological polar surface area (TPSA) is 18.5 Å². The Kier molecular flexibility index (Phi) is 3.44. The fourth-order valence-electron chi connectivity index (χ4n) is 3.87. The zero-order valence-corrected chi connectivity index (χ0v) is 15.9. The number of alkyl halides is 2. The Morgan fingerprint density at radius 2 is 1.21 bits per heavy atom. The monoisotopic (exact) mass is 336 g/mol. The van der Waals surface area contributed by atoms with Gasteiger partial charge in [0.05, 0.1) is 22.0 Å². The molecule has 5 heteroatoms. The van der Waals surface area contributed by atoms with Crippen molar-refractivity contribution in [3.63, 3.8) is 0 Å². The van der Waals surface area contributed by atoms with Gasteiger partial charge in [0.15, 0.2) is 0 Å². The van der Waals surface area contributed by atoms with Crippen molar-refractivity contribution < 1.29 is 18.1 Å². The summed E-state index contributed by atoms with van der Waals surface area (Å²) in [6, 6.07) is 5.53. The lowest BCUT2D eigenvalue weighted by atomic mass is 9.75. The fraction of sp³-hybridized carbons (Fsp3) is 0.684. The van der Waals surface area contributed by atoms with Crippen LogP contribution >= 0.6 is 0 Å². The van der Waals surface area contributed by atoms with Crippen LogP contribution in [0.2, 0.25) is 0 Å². The average molecular weight is 336 g/mol. The maximum Gasteiger partial charge on any atom is 0.494 e. The molecule has 0 N–H and O–H groups in total. The molecule has 24 heavy (non-hydrogen) atoms. The van der Waals surface area contributed by atoms with Gasteiger partial charge >= 0.3 is 7.12 Å². The maximum atomic E-state index is 15.0. The highest BCUT2D eigenvalue weighted by Crippen LogP contribution is 2.59. The first-order valence-corrected chi connectivity index (χ1v) is 8.53. The number of hydrogen-bond acceptors (Lipinski definition) is 2. The van der Waals surface area contributed by atoms with E-state index in [9.17, 15) is 8.78 Å². The summed E-state index contributed by atoms with van der Waals surface area (Å²) < 4.78 is 42.1. The van der Waals surface area contributed by atoms with Crippen molar-refractivity contribution in [2.24, 2.45) is 0 Å². The van der Waals surface area contributed by atoms with Crippen molar-refractivity contribution in [3.8, 4) is 0 Å². The van der Waals surface area contributed by atoms with Crippen LogP contribution in [-0.2, 0) is 20.1 Å². The highest BCUT2D eigenvalue weighted by atomic mass is 19.3. The zero-order chi connectivity index (χ0) is 18.3.